The van der Waals surface area contributed by atoms with Crippen LogP contribution >= 0.6 is 0 Å². The summed E-state index contributed by atoms with van der Waals surface area (Å²) in [5.41, 5.74) is 5.70. The fourth-order valence-electron chi connectivity index (χ4n) is 1.19. The highest BCUT2D eigenvalue weighted by Crippen LogP contribution is 2.17. The van der Waals surface area contributed by atoms with Crippen molar-refractivity contribution in [1.82, 2.24) is 4.90 Å². The lowest BCUT2D eigenvalue weighted by Crippen LogP contribution is -2.60. The van der Waals surface area contributed by atoms with Crippen LogP contribution in [0, 0.1) is 5.92 Å². The van der Waals surface area contributed by atoms with Gasteiger partial charge in [0.05, 0.1) is 12.8 Å². The molecular weight excluding hydrogens is 116 g/mol. The van der Waals surface area contributed by atoms with E-state index in [1.165, 1.54) is 0 Å². The van der Waals surface area contributed by atoms with E-state index < -0.39 is 0 Å². The molecule has 0 radical (unpaired) electrons. The number of hydrogen-bond donors (Lipinski definition) is 1. The lowest BCUT2D eigenvalue weighted by molar-refractivity contribution is -0.00657. The molecule has 9 heavy (non-hydrogen) atoms. The van der Waals surface area contributed by atoms with Gasteiger partial charge >= 0.3 is 0 Å². The minimum atomic E-state index is 0.227. The molecule has 0 aromatic heterocycles. The van der Waals surface area contributed by atoms with Crippen molar-refractivity contribution in [2.75, 3.05) is 27.3 Å². The summed E-state index contributed by atoms with van der Waals surface area (Å²) in [5.74, 6) is 0.556. The van der Waals surface area contributed by atoms with E-state index in [1.54, 1.807) is 7.11 Å². The minimum absolute atomic E-state index is 0.227. The van der Waals surface area contributed by atoms with E-state index in [1.807, 2.05) is 7.05 Å². The van der Waals surface area contributed by atoms with Gasteiger partial charge in [0.2, 0.25) is 0 Å². The minimum Gasteiger partial charge on any atom is -0.384 e. The summed E-state index contributed by atoms with van der Waals surface area (Å²) in [6.07, 6.45) is 0.227. The Hall–Kier alpha value is -0.120. The molecule has 2 atom stereocenters. The van der Waals surface area contributed by atoms with Crippen molar-refractivity contribution < 1.29 is 4.74 Å². The van der Waals surface area contributed by atoms with E-state index in [0.29, 0.717) is 5.92 Å². The summed E-state index contributed by atoms with van der Waals surface area (Å²) in [6, 6.07) is 0. The molecule has 1 rings (SSSR count). The summed E-state index contributed by atoms with van der Waals surface area (Å²) in [7, 11) is 3.74. The van der Waals surface area contributed by atoms with Crippen molar-refractivity contribution in [3.05, 3.63) is 0 Å². The molecule has 0 aromatic carbocycles. The smallest absolute Gasteiger partial charge is 0.0633 e. The van der Waals surface area contributed by atoms with E-state index in [-0.39, 0.29) is 6.17 Å². The molecule has 1 fully saturated rings. The highest BCUT2D eigenvalue weighted by Gasteiger charge is 2.32. The van der Waals surface area contributed by atoms with Crippen molar-refractivity contribution in [2.24, 2.45) is 11.7 Å². The summed E-state index contributed by atoms with van der Waals surface area (Å²) < 4.78 is 4.96. The molecule has 0 aliphatic carbocycles. The SMILES string of the molecule is COCC1CN(C)C1N. The van der Waals surface area contributed by atoms with E-state index in [9.17, 15) is 0 Å². The Morgan fingerprint density at radius 1 is 1.78 bits per heavy atom. The maximum atomic E-state index is 5.70. The molecule has 2 N–H and O–H groups in total. The van der Waals surface area contributed by atoms with Crippen molar-refractivity contribution in [2.45, 2.75) is 6.17 Å². The van der Waals surface area contributed by atoms with Gasteiger partial charge in [-0.3, -0.25) is 4.90 Å². The first kappa shape index (κ1) is 6.99. The molecule has 0 bridgehead atoms. The van der Waals surface area contributed by atoms with Gasteiger partial charge in [-0.25, -0.2) is 0 Å². The van der Waals surface area contributed by atoms with E-state index in [0.717, 1.165) is 13.2 Å². The third-order valence-electron chi connectivity index (χ3n) is 1.90. The zero-order chi connectivity index (χ0) is 6.85. The zero-order valence-electron chi connectivity index (χ0n) is 6.00. The standard InChI is InChI=1S/C6H14N2O/c1-8-3-5(4-9-2)6(8)7/h5-6H,3-4,7H2,1-2H3. The molecule has 1 aliphatic heterocycles. The van der Waals surface area contributed by atoms with Crippen molar-refractivity contribution in [3.8, 4) is 0 Å². The van der Waals surface area contributed by atoms with Crippen LogP contribution in [0.5, 0.6) is 0 Å². The Kier molecular flexibility index (Phi) is 2.05. The van der Waals surface area contributed by atoms with Crippen molar-refractivity contribution in [3.63, 3.8) is 0 Å². The Morgan fingerprint density at radius 3 is 2.78 bits per heavy atom. The summed E-state index contributed by atoms with van der Waals surface area (Å²) in [6.45, 7) is 1.88. The Morgan fingerprint density at radius 2 is 2.44 bits per heavy atom. The molecule has 0 spiro atoms. The van der Waals surface area contributed by atoms with Crippen LogP contribution < -0.4 is 5.73 Å². The number of likely N-dealkylation sites (tertiary alicyclic amines) is 1. The quantitative estimate of drug-likeness (QED) is 0.546. The van der Waals surface area contributed by atoms with Gasteiger partial charge in [0, 0.05) is 19.6 Å². The van der Waals surface area contributed by atoms with Crippen molar-refractivity contribution >= 4 is 0 Å². The number of rotatable bonds is 2. The predicted octanol–water partition coefficient (Wildman–Crippen LogP) is -0.521. The third-order valence-corrected chi connectivity index (χ3v) is 1.90. The molecule has 1 saturated heterocycles. The van der Waals surface area contributed by atoms with Gasteiger partial charge in [-0.2, -0.15) is 0 Å². The van der Waals surface area contributed by atoms with E-state index >= 15 is 0 Å². The lowest BCUT2D eigenvalue weighted by atomic mass is 9.98. The van der Waals surface area contributed by atoms with Gasteiger partial charge in [0.15, 0.2) is 0 Å². The second kappa shape index (κ2) is 2.64. The normalized spacial score (nSPS) is 36.3. The second-order valence-corrected chi connectivity index (χ2v) is 2.65. The van der Waals surface area contributed by atoms with Crippen LogP contribution in [0.3, 0.4) is 0 Å². The highest BCUT2D eigenvalue weighted by molar-refractivity contribution is 4.84. The van der Waals surface area contributed by atoms with Gasteiger partial charge in [-0.1, -0.05) is 0 Å². The van der Waals surface area contributed by atoms with Crippen LogP contribution in [0.1, 0.15) is 0 Å². The van der Waals surface area contributed by atoms with Crippen LogP contribution in [0.25, 0.3) is 0 Å². The van der Waals surface area contributed by atoms with Gasteiger partial charge in [0.25, 0.3) is 0 Å². The Bertz CT molecular complexity index is 95.1. The van der Waals surface area contributed by atoms with E-state index in [4.69, 9.17) is 10.5 Å². The Balaban J connectivity index is 2.17. The van der Waals surface area contributed by atoms with E-state index in [2.05, 4.69) is 4.90 Å². The van der Waals surface area contributed by atoms with Gasteiger partial charge in [-0.15, -0.1) is 0 Å². The summed E-state index contributed by atoms with van der Waals surface area (Å²) in [5, 5.41) is 0. The number of hydrogen-bond acceptors (Lipinski definition) is 3. The largest absolute Gasteiger partial charge is 0.384 e. The zero-order valence-corrected chi connectivity index (χ0v) is 6.00. The molecule has 3 nitrogen and oxygen atoms in total. The van der Waals surface area contributed by atoms with Crippen LogP contribution in [-0.4, -0.2) is 38.4 Å². The van der Waals surface area contributed by atoms with Crippen LogP contribution in [0.4, 0.5) is 0 Å². The number of ether oxygens (including phenoxy) is 1. The molecule has 1 aliphatic rings. The summed E-state index contributed by atoms with van der Waals surface area (Å²) >= 11 is 0. The molecule has 54 valence electrons. The highest BCUT2D eigenvalue weighted by atomic mass is 16.5. The topological polar surface area (TPSA) is 38.5 Å². The van der Waals surface area contributed by atoms with Crippen molar-refractivity contribution in [1.29, 1.82) is 0 Å². The first-order valence-electron chi connectivity index (χ1n) is 3.20. The third kappa shape index (κ3) is 1.23. The fraction of sp³-hybridized carbons (Fsp3) is 1.00. The first-order chi connectivity index (χ1) is 4.25. The molecule has 0 amide bonds. The van der Waals surface area contributed by atoms with Crippen LogP contribution in [-0.2, 0) is 4.74 Å². The van der Waals surface area contributed by atoms with Crippen LogP contribution in [0.2, 0.25) is 0 Å². The number of nitrogens with two attached hydrogens (primary N) is 1. The van der Waals surface area contributed by atoms with Crippen LogP contribution in [0.15, 0.2) is 0 Å². The predicted molar refractivity (Wildman–Crippen MR) is 36.0 cm³/mol. The second-order valence-electron chi connectivity index (χ2n) is 2.65. The molecule has 3 heteroatoms. The first-order valence-corrected chi connectivity index (χ1v) is 3.20. The van der Waals surface area contributed by atoms with Gasteiger partial charge < -0.3 is 10.5 Å². The molecular formula is C6H14N2O. The molecule has 1 heterocycles. The maximum absolute atomic E-state index is 5.70. The summed E-state index contributed by atoms with van der Waals surface area (Å²) in [4.78, 5) is 2.11. The molecule has 2 unspecified atom stereocenters. The number of methoxy groups -OCH3 is 1. The average molecular weight is 130 g/mol. The maximum Gasteiger partial charge on any atom is 0.0633 e. The Labute approximate surface area is 55.8 Å². The van der Waals surface area contributed by atoms with Gasteiger partial charge in [-0.05, 0) is 7.05 Å². The van der Waals surface area contributed by atoms with Gasteiger partial charge in [0.1, 0.15) is 0 Å². The average Bonchev–Trinajstić information content (AvgIpc) is 1.88. The monoisotopic (exact) mass is 130 g/mol. The fourth-order valence-corrected chi connectivity index (χ4v) is 1.19. The molecule has 0 aromatic rings. The molecule has 0 saturated carbocycles. The lowest BCUT2D eigenvalue weighted by Gasteiger charge is -2.43. The number of nitrogens with zero attached hydrogens (tertiary/aromatic N) is 1.